The molecular formula is C17H14N2O5. The highest BCUT2D eigenvalue weighted by atomic mass is 16.6. The van der Waals surface area contributed by atoms with Crippen LogP contribution in [0.2, 0.25) is 0 Å². The molecular weight excluding hydrogens is 312 g/mol. The summed E-state index contributed by atoms with van der Waals surface area (Å²) < 4.78 is 5.24. The number of nitrogens with zero attached hydrogens (tertiary/aromatic N) is 1. The van der Waals surface area contributed by atoms with Crippen LogP contribution in [0.4, 0.5) is 11.4 Å². The molecule has 0 spiro atoms. The number of aromatic hydroxyl groups is 1. The predicted octanol–water partition coefficient (Wildman–Crippen LogP) is 2.94. The van der Waals surface area contributed by atoms with E-state index in [1.165, 1.54) is 24.3 Å². The van der Waals surface area contributed by atoms with Gasteiger partial charge in [-0.25, -0.2) is 4.79 Å². The van der Waals surface area contributed by atoms with Gasteiger partial charge in [-0.1, -0.05) is 12.1 Å². The number of nitrogens with one attached hydrogen (secondary N) is 1. The Balaban J connectivity index is 1.93. The van der Waals surface area contributed by atoms with Crippen LogP contribution in [0.15, 0.2) is 60.7 Å². The van der Waals surface area contributed by atoms with Crippen molar-refractivity contribution in [2.24, 2.45) is 0 Å². The zero-order valence-corrected chi connectivity index (χ0v) is 12.5. The van der Waals surface area contributed by atoms with E-state index >= 15 is 0 Å². The van der Waals surface area contributed by atoms with Crippen LogP contribution in [0.25, 0.3) is 0 Å². The van der Waals surface area contributed by atoms with Crippen LogP contribution in [0, 0.1) is 10.1 Å². The van der Waals surface area contributed by atoms with Crippen molar-refractivity contribution in [1.29, 1.82) is 0 Å². The van der Waals surface area contributed by atoms with E-state index in [0.29, 0.717) is 11.3 Å². The minimum Gasteiger partial charge on any atom is -0.506 e. The summed E-state index contributed by atoms with van der Waals surface area (Å²) in [5, 5.41) is 23.9. The standard InChI is InChI=1S/C17H14N2O5/c20-14-4-2-1-3-13(14)18-17(15-9-10-16(21)24-15)11-5-7-12(8-6-11)19(22)23/h1-10,15,17-18,20H/t15-,17+/m1/s1. The number of para-hydroxylation sites is 2. The van der Waals surface area contributed by atoms with E-state index in [4.69, 9.17) is 4.74 Å². The minimum atomic E-state index is -0.585. The third-order valence-electron chi connectivity index (χ3n) is 3.68. The lowest BCUT2D eigenvalue weighted by atomic mass is 10.0. The molecule has 1 aliphatic rings. The number of carbonyl (C=O) groups is 1. The van der Waals surface area contributed by atoms with Crippen LogP contribution in [0.5, 0.6) is 5.75 Å². The monoisotopic (exact) mass is 326 g/mol. The number of hydrogen-bond donors (Lipinski definition) is 2. The molecule has 0 amide bonds. The lowest BCUT2D eigenvalue weighted by Gasteiger charge is -2.25. The second kappa shape index (κ2) is 6.41. The van der Waals surface area contributed by atoms with Gasteiger partial charge in [-0.3, -0.25) is 10.1 Å². The van der Waals surface area contributed by atoms with Crippen molar-refractivity contribution in [3.8, 4) is 5.75 Å². The lowest BCUT2D eigenvalue weighted by Crippen LogP contribution is -2.25. The highest BCUT2D eigenvalue weighted by molar-refractivity contribution is 5.84. The fourth-order valence-corrected chi connectivity index (χ4v) is 2.49. The van der Waals surface area contributed by atoms with Gasteiger partial charge in [0, 0.05) is 18.2 Å². The van der Waals surface area contributed by atoms with Crippen LogP contribution in [0.1, 0.15) is 11.6 Å². The molecule has 1 heterocycles. The summed E-state index contributed by atoms with van der Waals surface area (Å²) in [7, 11) is 0. The maximum Gasteiger partial charge on any atom is 0.331 e. The SMILES string of the molecule is O=C1C=C[C@H]([C@@H](Nc2ccccc2O)c2ccc([N+](=O)[O-])cc2)O1. The number of rotatable bonds is 5. The Hall–Kier alpha value is -3.35. The van der Waals surface area contributed by atoms with Gasteiger partial charge in [0.25, 0.3) is 5.69 Å². The average Bonchev–Trinajstić information content (AvgIpc) is 3.00. The first-order valence-corrected chi connectivity index (χ1v) is 7.22. The molecule has 2 aromatic carbocycles. The quantitative estimate of drug-likeness (QED) is 0.379. The van der Waals surface area contributed by atoms with Crippen molar-refractivity contribution in [3.63, 3.8) is 0 Å². The average molecular weight is 326 g/mol. The van der Waals surface area contributed by atoms with Crippen molar-refractivity contribution in [2.75, 3.05) is 5.32 Å². The molecule has 3 rings (SSSR count). The van der Waals surface area contributed by atoms with Crippen molar-refractivity contribution in [3.05, 3.63) is 76.4 Å². The van der Waals surface area contributed by atoms with Gasteiger partial charge in [-0.2, -0.15) is 0 Å². The molecule has 0 saturated heterocycles. The number of ether oxygens (including phenoxy) is 1. The summed E-state index contributed by atoms with van der Waals surface area (Å²) in [6.45, 7) is 0. The molecule has 2 N–H and O–H groups in total. The highest BCUT2D eigenvalue weighted by Gasteiger charge is 2.29. The van der Waals surface area contributed by atoms with Gasteiger partial charge in [0.2, 0.25) is 0 Å². The second-order valence-corrected chi connectivity index (χ2v) is 5.25. The Kier molecular flexibility index (Phi) is 4.15. The Morgan fingerprint density at radius 2 is 1.88 bits per heavy atom. The Labute approximate surface area is 137 Å². The molecule has 0 aromatic heterocycles. The number of esters is 1. The van der Waals surface area contributed by atoms with E-state index in [0.717, 1.165) is 0 Å². The molecule has 1 aliphatic heterocycles. The fourth-order valence-electron chi connectivity index (χ4n) is 2.49. The van der Waals surface area contributed by atoms with E-state index in [-0.39, 0.29) is 11.4 Å². The zero-order valence-electron chi connectivity index (χ0n) is 12.5. The topological polar surface area (TPSA) is 102 Å². The predicted molar refractivity (Wildman–Crippen MR) is 86.6 cm³/mol. The summed E-state index contributed by atoms with van der Waals surface area (Å²) in [5.74, 6) is -0.399. The van der Waals surface area contributed by atoms with Crippen LogP contribution in [-0.2, 0) is 9.53 Å². The molecule has 122 valence electrons. The van der Waals surface area contributed by atoms with Crippen LogP contribution in [0.3, 0.4) is 0 Å². The van der Waals surface area contributed by atoms with Crippen molar-refractivity contribution in [1.82, 2.24) is 0 Å². The molecule has 0 unspecified atom stereocenters. The maximum absolute atomic E-state index is 11.4. The number of non-ortho nitro benzene ring substituents is 1. The number of carbonyl (C=O) groups excluding carboxylic acids is 1. The molecule has 0 fully saturated rings. The van der Waals surface area contributed by atoms with Gasteiger partial charge in [-0.15, -0.1) is 0 Å². The molecule has 24 heavy (non-hydrogen) atoms. The fraction of sp³-hybridized carbons (Fsp3) is 0.118. The van der Waals surface area contributed by atoms with Gasteiger partial charge in [0.05, 0.1) is 16.7 Å². The Bertz CT molecular complexity index is 801. The lowest BCUT2D eigenvalue weighted by molar-refractivity contribution is -0.384. The largest absolute Gasteiger partial charge is 0.506 e. The third kappa shape index (κ3) is 3.19. The number of cyclic esters (lactones) is 1. The third-order valence-corrected chi connectivity index (χ3v) is 3.68. The Morgan fingerprint density at radius 1 is 1.17 bits per heavy atom. The van der Waals surface area contributed by atoms with Gasteiger partial charge in [0.1, 0.15) is 11.9 Å². The van der Waals surface area contributed by atoms with E-state index < -0.39 is 23.0 Å². The van der Waals surface area contributed by atoms with Gasteiger partial charge < -0.3 is 15.2 Å². The molecule has 2 aromatic rings. The second-order valence-electron chi connectivity index (χ2n) is 5.25. The van der Waals surface area contributed by atoms with E-state index in [9.17, 15) is 20.0 Å². The molecule has 0 aliphatic carbocycles. The number of phenolic OH excluding ortho intramolecular Hbond substituents is 1. The molecule has 0 bridgehead atoms. The number of benzene rings is 2. The van der Waals surface area contributed by atoms with Crippen molar-refractivity contribution in [2.45, 2.75) is 12.1 Å². The van der Waals surface area contributed by atoms with E-state index in [1.54, 1.807) is 36.4 Å². The van der Waals surface area contributed by atoms with Crippen molar-refractivity contribution >= 4 is 17.3 Å². The summed E-state index contributed by atoms with van der Waals surface area (Å²) in [5.41, 5.74) is 1.13. The normalized spacial score (nSPS) is 17.3. The van der Waals surface area contributed by atoms with Gasteiger partial charge >= 0.3 is 5.97 Å². The molecule has 7 nitrogen and oxygen atoms in total. The first-order valence-electron chi connectivity index (χ1n) is 7.22. The summed E-state index contributed by atoms with van der Waals surface area (Å²) >= 11 is 0. The summed E-state index contributed by atoms with van der Waals surface area (Å²) in [6, 6.07) is 12.1. The number of anilines is 1. The molecule has 2 atom stereocenters. The first-order chi connectivity index (χ1) is 11.5. The molecule has 0 saturated carbocycles. The van der Waals surface area contributed by atoms with Gasteiger partial charge in [-0.05, 0) is 35.9 Å². The number of nitro groups is 1. The van der Waals surface area contributed by atoms with Crippen LogP contribution in [-0.4, -0.2) is 22.1 Å². The van der Waals surface area contributed by atoms with E-state index in [2.05, 4.69) is 5.32 Å². The molecule has 0 radical (unpaired) electrons. The van der Waals surface area contributed by atoms with Crippen LogP contribution >= 0.6 is 0 Å². The number of phenols is 1. The number of nitro benzene ring substituents is 1. The minimum absolute atomic E-state index is 0.0287. The summed E-state index contributed by atoms with van der Waals surface area (Å²) in [6.07, 6.45) is 2.36. The first kappa shape index (κ1) is 15.5. The smallest absolute Gasteiger partial charge is 0.331 e. The number of hydrogen-bond acceptors (Lipinski definition) is 6. The molecule has 7 heteroatoms. The summed E-state index contributed by atoms with van der Waals surface area (Å²) in [4.78, 5) is 21.7. The van der Waals surface area contributed by atoms with E-state index in [1.807, 2.05) is 0 Å². The zero-order chi connectivity index (χ0) is 17.1. The van der Waals surface area contributed by atoms with Crippen LogP contribution < -0.4 is 5.32 Å². The maximum atomic E-state index is 11.4. The Morgan fingerprint density at radius 3 is 2.46 bits per heavy atom. The van der Waals surface area contributed by atoms with Crippen molar-refractivity contribution < 1.29 is 19.6 Å². The highest BCUT2D eigenvalue weighted by Crippen LogP contribution is 2.32. The van der Waals surface area contributed by atoms with Gasteiger partial charge in [0.15, 0.2) is 0 Å².